The Balaban J connectivity index is 1.68. The van der Waals surface area contributed by atoms with Crippen LogP contribution in [0.5, 0.6) is 0 Å². The molecule has 1 atom stereocenters. The summed E-state index contributed by atoms with van der Waals surface area (Å²) in [5.74, 6) is -4.97. The minimum atomic E-state index is -4.64. The Hall–Kier alpha value is -2.83. The van der Waals surface area contributed by atoms with Crippen molar-refractivity contribution in [3.63, 3.8) is 0 Å². The Morgan fingerprint density at radius 3 is 2.47 bits per heavy atom. The maximum atomic E-state index is 14.5. The summed E-state index contributed by atoms with van der Waals surface area (Å²) in [5, 5.41) is 19.8. The standard InChI is InChI=1S/C21H18ClF6N3O3/c22-15-8-13(1-2-14(15)21(26,27)28)30-19(34)31-5-3-11(4-6-31)18-16(23)7-12(9-29-18)20(24,25)17(33)10-32/h1-3,7-9,17,32-33H,4-6,10H2,(H,30,34). The number of amides is 2. The second kappa shape index (κ2) is 9.80. The molecule has 6 nitrogen and oxygen atoms in total. The van der Waals surface area contributed by atoms with Gasteiger partial charge in [0.05, 0.1) is 17.2 Å². The van der Waals surface area contributed by atoms with Crippen molar-refractivity contribution in [2.45, 2.75) is 24.6 Å². The number of aromatic nitrogens is 1. The fourth-order valence-electron chi connectivity index (χ4n) is 3.26. The van der Waals surface area contributed by atoms with Crippen LogP contribution in [0.25, 0.3) is 5.57 Å². The molecule has 1 unspecified atom stereocenters. The number of hydrogen-bond donors (Lipinski definition) is 3. The van der Waals surface area contributed by atoms with Gasteiger partial charge >= 0.3 is 18.1 Å². The number of benzene rings is 1. The molecule has 0 fully saturated rings. The predicted octanol–water partition coefficient (Wildman–Crippen LogP) is 4.66. The molecule has 2 heterocycles. The van der Waals surface area contributed by atoms with Crippen molar-refractivity contribution in [2.75, 3.05) is 25.0 Å². The van der Waals surface area contributed by atoms with Crippen LogP contribution in [0.3, 0.4) is 0 Å². The molecule has 1 aromatic carbocycles. The number of hydrogen-bond acceptors (Lipinski definition) is 4. The largest absolute Gasteiger partial charge is 0.417 e. The first-order valence-corrected chi connectivity index (χ1v) is 10.2. The third kappa shape index (κ3) is 5.45. The highest BCUT2D eigenvalue weighted by Crippen LogP contribution is 2.36. The summed E-state index contributed by atoms with van der Waals surface area (Å²) in [6, 6.07) is 2.66. The van der Waals surface area contributed by atoms with E-state index in [0.717, 1.165) is 18.2 Å². The Morgan fingerprint density at radius 1 is 1.24 bits per heavy atom. The van der Waals surface area contributed by atoms with E-state index in [1.165, 1.54) is 11.0 Å². The minimum Gasteiger partial charge on any atom is -0.393 e. The van der Waals surface area contributed by atoms with E-state index in [4.69, 9.17) is 16.7 Å². The van der Waals surface area contributed by atoms with Crippen molar-refractivity contribution in [1.29, 1.82) is 0 Å². The van der Waals surface area contributed by atoms with E-state index in [1.54, 1.807) is 0 Å². The molecule has 2 aromatic rings. The average molecular weight is 510 g/mol. The number of rotatable bonds is 5. The molecule has 13 heteroatoms. The molecule has 0 radical (unpaired) electrons. The van der Waals surface area contributed by atoms with Crippen LogP contribution in [0.2, 0.25) is 5.02 Å². The summed E-state index contributed by atoms with van der Waals surface area (Å²) >= 11 is 5.64. The highest BCUT2D eigenvalue weighted by molar-refractivity contribution is 6.31. The molecule has 2 amide bonds. The lowest BCUT2D eigenvalue weighted by Crippen LogP contribution is -2.38. The molecule has 0 saturated heterocycles. The number of carbonyl (C=O) groups excluding carboxylic acids is 1. The number of carbonyl (C=O) groups is 1. The van der Waals surface area contributed by atoms with E-state index >= 15 is 0 Å². The number of aliphatic hydroxyl groups is 2. The lowest BCUT2D eigenvalue weighted by Gasteiger charge is -2.27. The van der Waals surface area contributed by atoms with Crippen LogP contribution in [0.15, 0.2) is 36.5 Å². The van der Waals surface area contributed by atoms with Gasteiger partial charge in [0.2, 0.25) is 0 Å². The number of nitrogens with one attached hydrogen (secondary N) is 1. The highest BCUT2D eigenvalue weighted by atomic mass is 35.5. The zero-order valence-corrected chi connectivity index (χ0v) is 18.0. The van der Waals surface area contributed by atoms with Crippen molar-refractivity contribution < 1.29 is 41.4 Å². The molecule has 0 saturated carbocycles. The highest BCUT2D eigenvalue weighted by Gasteiger charge is 2.41. The summed E-state index contributed by atoms with van der Waals surface area (Å²) in [4.78, 5) is 17.4. The SMILES string of the molecule is O=C(Nc1ccc(C(F)(F)F)c(Cl)c1)N1CC=C(c2ncc(C(F)(F)C(O)CO)cc2F)CC1. The van der Waals surface area contributed by atoms with Crippen LogP contribution in [0, 0.1) is 5.82 Å². The van der Waals surface area contributed by atoms with Gasteiger partial charge in [-0.1, -0.05) is 17.7 Å². The molecule has 1 aromatic heterocycles. The van der Waals surface area contributed by atoms with Gasteiger partial charge in [0.25, 0.3) is 0 Å². The fraction of sp³-hybridized carbons (Fsp3) is 0.333. The zero-order chi connectivity index (χ0) is 25.3. The van der Waals surface area contributed by atoms with Gasteiger partial charge in [-0.3, -0.25) is 4.98 Å². The first-order chi connectivity index (χ1) is 15.8. The van der Waals surface area contributed by atoms with Gasteiger partial charge in [-0.25, -0.2) is 9.18 Å². The van der Waals surface area contributed by atoms with E-state index in [1.807, 2.05) is 0 Å². The van der Waals surface area contributed by atoms with Crippen LogP contribution in [0.4, 0.5) is 36.8 Å². The number of anilines is 1. The van der Waals surface area contributed by atoms with Gasteiger partial charge < -0.3 is 20.4 Å². The van der Waals surface area contributed by atoms with Gasteiger partial charge in [0, 0.05) is 30.5 Å². The summed E-state index contributed by atoms with van der Waals surface area (Å²) in [6.07, 6.45) is -4.76. The van der Waals surface area contributed by atoms with Crippen LogP contribution in [-0.2, 0) is 12.1 Å². The lowest BCUT2D eigenvalue weighted by atomic mass is 10.0. The minimum absolute atomic E-state index is 0.00219. The topological polar surface area (TPSA) is 85.7 Å². The second-order valence-electron chi connectivity index (χ2n) is 7.42. The Kier molecular flexibility index (Phi) is 7.44. The van der Waals surface area contributed by atoms with Crippen molar-refractivity contribution in [3.05, 3.63) is 64.2 Å². The average Bonchev–Trinajstić information content (AvgIpc) is 2.77. The molecule has 0 bridgehead atoms. The molecule has 184 valence electrons. The lowest BCUT2D eigenvalue weighted by molar-refractivity contribution is -0.137. The maximum Gasteiger partial charge on any atom is 0.417 e. The Morgan fingerprint density at radius 2 is 1.94 bits per heavy atom. The van der Waals surface area contributed by atoms with E-state index in [-0.39, 0.29) is 30.9 Å². The number of pyridine rings is 1. The monoisotopic (exact) mass is 509 g/mol. The number of alkyl halides is 5. The fourth-order valence-corrected chi connectivity index (χ4v) is 3.55. The number of urea groups is 1. The van der Waals surface area contributed by atoms with Gasteiger partial charge in [-0.15, -0.1) is 0 Å². The number of aliphatic hydroxyl groups excluding tert-OH is 2. The molecule has 3 N–H and O–H groups in total. The van der Waals surface area contributed by atoms with Crippen molar-refractivity contribution >= 4 is 28.9 Å². The second-order valence-corrected chi connectivity index (χ2v) is 7.83. The molecule has 0 aliphatic carbocycles. The smallest absolute Gasteiger partial charge is 0.393 e. The van der Waals surface area contributed by atoms with Crippen LogP contribution >= 0.6 is 11.6 Å². The van der Waals surface area contributed by atoms with Crippen molar-refractivity contribution in [2.24, 2.45) is 0 Å². The molecule has 0 spiro atoms. The van der Waals surface area contributed by atoms with E-state index in [0.29, 0.717) is 17.8 Å². The third-order valence-electron chi connectivity index (χ3n) is 5.14. The van der Waals surface area contributed by atoms with Crippen LogP contribution in [-0.4, -0.2) is 51.9 Å². The zero-order valence-electron chi connectivity index (χ0n) is 17.2. The first-order valence-electron chi connectivity index (χ1n) is 9.79. The van der Waals surface area contributed by atoms with Crippen molar-refractivity contribution in [1.82, 2.24) is 9.88 Å². The molecule has 3 rings (SSSR count). The summed E-state index contributed by atoms with van der Waals surface area (Å²) in [7, 11) is 0. The Labute approximate surface area is 194 Å². The molecular weight excluding hydrogens is 492 g/mol. The normalized spacial score (nSPS) is 15.7. The van der Waals surface area contributed by atoms with Gasteiger partial charge in [-0.2, -0.15) is 22.0 Å². The maximum absolute atomic E-state index is 14.5. The van der Waals surface area contributed by atoms with E-state index in [9.17, 15) is 36.2 Å². The molecule has 1 aliphatic rings. The van der Waals surface area contributed by atoms with Gasteiger partial charge in [0.15, 0.2) is 0 Å². The number of nitrogens with zero attached hydrogens (tertiary/aromatic N) is 2. The summed E-state index contributed by atoms with van der Waals surface area (Å²) in [5.41, 5.74) is -1.74. The molecule has 1 aliphatic heterocycles. The predicted molar refractivity (Wildman–Crippen MR) is 111 cm³/mol. The Bertz CT molecular complexity index is 1110. The third-order valence-corrected chi connectivity index (χ3v) is 5.46. The number of halogens is 7. The summed E-state index contributed by atoms with van der Waals surface area (Å²) < 4.78 is 80.8. The quantitative estimate of drug-likeness (QED) is 0.512. The molecule has 34 heavy (non-hydrogen) atoms. The van der Waals surface area contributed by atoms with E-state index in [2.05, 4.69) is 10.3 Å². The summed E-state index contributed by atoms with van der Waals surface area (Å²) in [6.45, 7) is -1.13. The first kappa shape index (κ1) is 25.8. The van der Waals surface area contributed by atoms with Gasteiger partial charge in [-0.05, 0) is 36.3 Å². The van der Waals surface area contributed by atoms with E-state index < -0.39 is 52.8 Å². The molecular formula is C21H18ClF6N3O3. The van der Waals surface area contributed by atoms with Crippen LogP contribution in [0.1, 0.15) is 23.2 Å². The van der Waals surface area contributed by atoms with Gasteiger partial charge in [0.1, 0.15) is 17.6 Å². The van der Waals surface area contributed by atoms with Crippen molar-refractivity contribution in [3.8, 4) is 0 Å². The van der Waals surface area contributed by atoms with Crippen LogP contribution < -0.4 is 5.32 Å².